The Morgan fingerprint density at radius 3 is 2.61 bits per heavy atom. The minimum absolute atomic E-state index is 0.114. The predicted molar refractivity (Wildman–Crippen MR) is 62.3 cm³/mol. The van der Waals surface area contributed by atoms with Crippen LogP contribution in [0.1, 0.15) is 32.1 Å². The fraction of sp³-hybridized carbons (Fsp3) is 1.00. The molecular formula is C12H22F3NO2. The molecule has 2 N–H and O–H groups in total. The number of aliphatic hydroxyl groups is 1. The molecule has 0 aromatic heterocycles. The molecule has 0 aromatic rings. The Labute approximate surface area is 106 Å². The van der Waals surface area contributed by atoms with Crippen LogP contribution in [0.3, 0.4) is 0 Å². The van der Waals surface area contributed by atoms with Crippen molar-refractivity contribution in [3.8, 4) is 0 Å². The molecule has 1 aliphatic rings. The van der Waals surface area contributed by atoms with Crippen molar-refractivity contribution in [3.05, 3.63) is 0 Å². The van der Waals surface area contributed by atoms with Crippen molar-refractivity contribution < 1.29 is 23.0 Å². The molecule has 0 bridgehead atoms. The summed E-state index contributed by atoms with van der Waals surface area (Å²) >= 11 is 0. The standard InChI is InChI=1S/C12H22F3NO2/c13-12(14,15)9-18-7-3-6-16-11-5-2-1-4-10(11)8-17/h10-11,16-17H,1-9H2. The number of alkyl halides is 3. The van der Waals surface area contributed by atoms with Crippen molar-refractivity contribution in [1.82, 2.24) is 5.32 Å². The van der Waals surface area contributed by atoms with Gasteiger partial charge in [-0.05, 0) is 31.7 Å². The number of aliphatic hydroxyl groups excluding tert-OH is 1. The van der Waals surface area contributed by atoms with Gasteiger partial charge in [-0.2, -0.15) is 13.2 Å². The SMILES string of the molecule is OCC1CCCCC1NCCCOCC(F)(F)F. The highest BCUT2D eigenvalue weighted by Crippen LogP contribution is 2.23. The van der Waals surface area contributed by atoms with Crippen LogP contribution in [-0.4, -0.2) is 43.7 Å². The largest absolute Gasteiger partial charge is 0.411 e. The highest BCUT2D eigenvalue weighted by atomic mass is 19.4. The first kappa shape index (κ1) is 15.7. The van der Waals surface area contributed by atoms with Crippen LogP contribution in [0.4, 0.5) is 13.2 Å². The topological polar surface area (TPSA) is 41.5 Å². The monoisotopic (exact) mass is 269 g/mol. The van der Waals surface area contributed by atoms with Crippen LogP contribution in [0, 0.1) is 5.92 Å². The van der Waals surface area contributed by atoms with Crippen LogP contribution in [0.5, 0.6) is 0 Å². The molecule has 2 atom stereocenters. The van der Waals surface area contributed by atoms with E-state index in [0.29, 0.717) is 19.0 Å². The third-order valence-corrected chi connectivity index (χ3v) is 3.28. The van der Waals surface area contributed by atoms with Gasteiger partial charge in [0.1, 0.15) is 6.61 Å². The molecule has 108 valence electrons. The van der Waals surface area contributed by atoms with Crippen molar-refractivity contribution in [2.24, 2.45) is 5.92 Å². The van der Waals surface area contributed by atoms with E-state index in [4.69, 9.17) is 0 Å². The maximum atomic E-state index is 11.8. The van der Waals surface area contributed by atoms with Crippen molar-refractivity contribution in [3.63, 3.8) is 0 Å². The summed E-state index contributed by atoms with van der Waals surface area (Å²) in [6.07, 6.45) is 0.688. The maximum Gasteiger partial charge on any atom is 0.411 e. The molecule has 0 radical (unpaired) electrons. The van der Waals surface area contributed by atoms with E-state index in [1.165, 1.54) is 0 Å². The molecule has 0 aliphatic heterocycles. The zero-order valence-electron chi connectivity index (χ0n) is 10.5. The minimum Gasteiger partial charge on any atom is -0.396 e. The highest BCUT2D eigenvalue weighted by Gasteiger charge is 2.27. The molecule has 1 aliphatic carbocycles. The van der Waals surface area contributed by atoms with Gasteiger partial charge < -0.3 is 15.2 Å². The Kier molecular flexibility index (Phi) is 6.96. The van der Waals surface area contributed by atoms with Crippen LogP contribution in [0.25, 0.3) is 0 Å². The highest BCUT2D eigenvalue weighted by molar-refractivity contribution is 4.80. The Morgan fingerprint density at radius 2 is 1.94 bits per heavy atom. The first-order chi connectivity index (χ1) is 8.53. The summed E-state index contributed by atoms with van der Waals surface area (Å²) in [7, 11) is 0. The summed E-state index contributed by atoms with van der Waals surface area (Å²) in [5.74, 6) is 0.287. The second-order valence-corrected chi connectivity index (χ2v) is 4.81. The lowest BCUT2D eigenvalue weighted by atomic mass is 9.85. The average molecular weight is 269 g/mol. The summed E-state index contributed by atoms with van der Waals surface area (Å²) in [5, 5.41) is 12.5. The average Bonchev–Trinajstić information content (AvgIpc) is 2.32. The molecule has 2 unspecified atom stereocenters. The first-order valence-corrected chi connectivity index (χ1v) is 6.51. The van der Waals surface area contributed by atoms with E-state index in [0.717, 1.165) is 25.7 Å². The van der Waals surface area contributed by atoms with E-state index in [1.54, 1.807) is 0 Å². The molecule has 6 heteroatoms. The summed E-state index contributed by atoms with van der Waals surface area (Å²) in [6.45, 7) is -0.236. The summed E-state index contributed by atoms with van der Waals surface area (Å²) in [6, 6.07) is 0.298. The van der Waals surface area contributed by atoms with Crippen LogP contribution in [-0.2, 0) is 4.74 Å². The minimum atomic E-state index is -4.24. The lowest BCUT2D eigenvalue weighted by molar-refractivity contribution is -0.174. The van der Waals surface area contributed by atoms with E-state index in [-0.39, 0.29) is 19.1 Å². The quantitative estimate of drug-likeness (QED) is 0.695. The van der Waals surface area contributed by atoms with E-state index < -0.39 is 12.8 Å². The Bertz CT molecular complexity index is 224. The van der Waals surface area contributed by atoms with Gasteiger partial charge in [0.15, 0.2) is 0 Å². The molecule has 0 heterocycles. The molecule has 0 spiro atoms. The molecule has 3 nitrogen and oxygen atoms in total. The lowest BCUT2D eigenvalue weighted by Crippen LogP contribution is -2.40. The van der Waals surface area contributed by atoms with Crippen LogP contribution in [0.15, 0.2) is 0 Å². The number of hydrogen-bond acceptors (Lipinski definition) is 3. The van der Waals surface area contributed by atoms with E-state index in [9.17, 15) is 18.3 Å². The lowest BCUT2D eigenvalue weighted by Gasteiger charge is -2.31. The zero-order valence-corrected chi connectivity index (χ0v) is 10.5. The van der Waals surface area contributed by atoms with Gasteiger partial charge >= 0.3 is 6.18 Å². The number of rotatable bonds is 7. The summed E-state index contributed by atoms with van der Waals surface area (Å²) in [5.41, 5.74) is 0. The van der Waals surface area contributed by atoms with Crippen LogP contribution in [0.2, 0.25) is 0 Å². The summed E-state index contributed by atoms with van der Waals surface area (Å²) < 4.78 is 39.9. The Morgan fingerprint density at radius 1 is 1.22 bits per heavy atom. The number of halogens is 3. The number of nitrogens with one attached hydrogen (secondary N) is 1. The van der Waals surface area contributed by atoms with Gasteiger partial charge in [0, 0.05) is 19.3 Å². The fourth-order valence-corrected chi connectivity index (χ4v) is 2.34. The second-order valence-electron chi connectivity index (χ2n) is 4.81. The number of hydrogen-bond donors (Lipinski definition) is 2. The molecule has 0 amide bonds. The van der Waals surface area contributed by atoms with Crippen molar-refractivity contribution >= 4 is 0 Å². The molecule has 0 saturated heterocycles. The predicted octanol–water partition coefficient (Wildman–Crippen LogP) is 2.10. The molecule has 1 rings (SSSR count). The number of ether oxygens (including phenoxy) is 1. The van der Waals surface area contributed by atoms with Gasteiger partial charge in [0.25, 0.3) is 0 Å². The van der Waals surface area contributed by atoms with E-state index in [2.05, 4.69) is 10.1 Å². The molecule has 1 saturated carbocycles. The third-order valence-electron chi connectivity index (χ3n) is 3.28. The Hall–Kier alpha value is -0.330. The normalized spacial score (nSPS) is 25.3. The maximum absolute atomic E-state index is 11.8. The van der Waals surface area contributed by atoms with Crippen LogP contribution < -0.4 is 5.32 Å². The van der Waals surface area contributed by atoms with Gasteiger partial charge in [-0.3, -0.25) is 0 Å². The van der Waals surface area contributed by atoms with Crippen molar-refractivity contribution in [1.29, 1.82) is 0 Å². The molecule has 0 aromatic carbocycles. The summed E-state index contributed by atoms with van der Waals surface area (Å²) in [4.78, 5) is 0. The third kappa shape index (κ3) is 6.56. The van der Waals surface area contributed by atoms with Gasteiger partial charge in [0.05, 0.1) is 0 Å². The van der Waals surface area contributed by atoms with E-state index in [1.807, 2.05) is 0 Å². The van der Waals surface area contributed by atoms with E-state index >= 15 is 0 Å². The van der Waals surface area contributed by atoms with Crippen molar-refractivity contribution in [2.75, 3.05) is 26.4 Å². The van der Waals surface area contributed by atoms with Gasteiger partial charge in [0.2, 0.25) is 0 Å². The second kappa shape index (κ2) is 7.96. The first-order valence-electron chi connectivity index (χ1n) is 6.51. The van der Waals surface area contributed by atoms with Crippen LogP contribution >= 0.6 is 0 Å². The molecular weight excluding hydrogens is 247 g/mol. The fourth-order valence-electron chi connectivity index (χ4n) is 2.34. The zero-order chi connectivity index (χ0) is 13.4. The van der Waals surface area contributed by atoms with Gasteiger partial charge in [-0.25, -0.2) is 0 Å². The van der Waals surface area contributed by atoms with Crippen molar-refractivity contribution in [2.45, 2.75) is 44.3 Å². The smallest absolute Gasteiger partial charge is 0.396 e. The van der Waals surface area contributed by atoms with Gasteiger partial charge in [-0.1, -0.05) is 12.8 Å². The molecule has 1 fully saturated rings. The van der Waals surface area contributed by atoms with Gasteiger partial charge in [-0.15, -0.1) is 0 Å². The molecule has 18 heavy (non-hydrogen) atoms. The Balaban J connectivity index is 2.03.